The number of anilines is 1. The molecule has 1 aromatic rings. The van der Waals surface area contributed by atoms with Crippen LogP contribution in [0.15, 0.2) is 18.3 Å². The molecule has 0 aromatic carbocycles. The second-order valence-electron chi connectivity index (χ2n) is 5.60. The Bertz CT molecular complexity index is 539. The Kier molecular flexibility index (Phi) is 4.53. The van der Waals surface area contributed by atoms with E-state index >= 15 is 0 Å². The van der Waals surface area contributed by atoms with E-state index < -0.39 is 6.04 Å². The zero-order valence-corrected chi connectivity index (χ0v) is 12.5. The Morgan fingerprint density at radius 3 is 2.77 bits per heavy atom. The minimum Gasteiger partial charge on any atom is -0.368 e. The quantitative estimate of drug-likeness (QED) is 0.701. The summed E-state index contributed by atoms with van der Waals surface area (Å²) in [5, 5.41) is 8.80. The maximum atomic E-state index is 12.2. The van der Waals surface area contributed by atoms with Crippen molar-refractivity contribution in [2.24, 2.45) is 0 Å². The molecule has 2 fully saturated rings. The van der Waals surface area contributed by atoms with E-state index in [0.29, 0.717) is 18.7 Å². The molecule has 0 unspecified atom stereocenters. The van der Waals surface area contributed by atoms with Crippen molar-refractivity contribution in [3.05, 3.63) is 24.0 Å². The molecule has 2 saturated heterocycles. The molecule has 0 bridgehead atoms. The molecule has 0 spiro atoms. The number of amides is 2. The molecule has 2 aliphatic rings. The van der Waals surface area contributed by atoms with E-state index in [1.54, 1.807) is 12.3 Å². The lowest BCUT2D eigenvalue weighted by atomic mass is 10.1. The van der Waals surface area contributed by atoms with Crippen molar-refractivity contribution in [3.8, 4) is 0 Å². The predicted octanol–water partition coefficient (Wildman–Crippen LogP) is -0.500. The Labute approximate surface area is 129 Å². The molecule has 1 atom stereocenters. The standard InChI is InChI=1S/C15H21N5O2/c21-14-13(2-1-5-17-14)19-15(22)12-4-3-11(10-18-12)20-8-6-16-7-9-20/h3-4,10,13,16H,1-2,5-9H2,(H,17,21)(H,19,22)/t13-/m0/s1. The van der Waals surface area contributed by atoms with E-state index in [-0.39, 0.29) is 11.8 Å². The van der Waals surface area contributed by atoms with E-state index in [0.717, 1.165) is 38.3 Å². The zero-order chi connectivity index (χ0) is 15.4. The second-order valence-corrected chi connectivity index (χ2v) is 5.60. The molecule has 7 heteroatoms. The number of carbonyl (C=O) groups is 2. The van der Waals surface area contributed by atoms with Crippen molar-refractivity contribution in [1.29, 1.82) is 0 Å². The third-order valence-corrected chi connectivity index (χ3v) is 4.05. The van der Waals surface area contributed by atoms with Gasteiger partial charge in [0.25, 0.3) is 5.91 Å². The van der Waals surface area contributed by atoms with Gasteiger partial charge in [-0.2, -0.15) is 0 Å². The van der Waals surface area contributed by atoms with E-state index in [9.17, 15) is 9.59 Å². The first-order chi connectivity index (χ1) is 10.7. The van der Waals surface area contributed by atoms with Crippen LogP contribution in [0.4, 0.5) is 5.69 Å². The van der Waals surface area contributed by atoms with Crippen LogP contribution in [0.2, 0.25) is 0 Å². The highest BCUT2D eigenvalue weighted by Gasteiger charge is 2.24. The maximum absolute atomic E-state index is 12.2. The molecule has 3 rings (SSSR count). The smallest absolute Gasteiger partial charge is 0.270 e. The summed E-state index contributed by atoms with van der Waals surface area (Å²) >= 11 is 0. The molecule has 1 aromatic heterocycles. The molecule has 0 aliphatic carbocycles. The van der Waals surface area contributed by atoms with Gasteiger partial charge in [-0.15, -0.1) is 0 Å². The van der Waals surface area contributed by atoms with Crippen LogP contribution in [0.5, 0.6) is 0 Å². The number of piperidine rings is 1. The number of pyridine rings is 1. The number of carbonyl (C=O) groups excluding carboxylic acids is 2. The first-order valence-corrected chi connectivity index (χ1v) is 7.74. The zero-order valence-electron chi connectivity index (χ0n) is 12.5. The highest BCUT2D eigenvalue weighted by molar-refractivity contribution is 5.96. The number of aromatic nitrogens is 1. The van der Waals surface area contributed by atoms with Crippen LogP contribution in [-0.2, 0) is 4.79 Å². The lowest BCUT2D eigenvalue weighted by Gasteiger charge is -2.29. The topological polar surface area (TPSA) is 86.4 Å². The Morgan fingerprint density at radius 2 is 2.09 bits per heavy atom. The maximum Gasteiger partial charge on any atom is 0.270 e. The number of hydrogen-bond donors (Lipinski definition) is 3. The third kappa shape index (κ3) is 3.36. The molecule has 0 saturated carbocycles. The molecule has 3 N–H and O–H groups in total. The van der Waals surface area contributed by atoms with E-state index in [1.807, 2.05) is 6.07 Å². The van der Waals surface area contributed by atoms with Crippen LogP contribution in [0.25, 0.3) is 0 Å². The van der Waals surface area contributed by atoms with Gasteiger partial charge < -0.3 is 20.9 Å². The van der Waals surface area contributed by atoms with Gasteiger partial charge in [0.05, 0.1) is 11.9 Å². The fourth-order valence-corrected chi connectivity index (χ4v) is 2.77. The number of nitrogens with one attached hydrogen (secondary N) is 3. The van der Waals surface area contributed by atoms with Crippen LogP contribution >= 0.6 is 0 Å². The van der Waals surface area contributed by atoms with Crippen LogP contribution < -0.4 is 20.9 Å². The van der Waals surface area contributed by atoms with Crippen molar-refractivity contribution in [2.45, 2.75) is 18.9 Å². The van der Waals surface area contributed by atoms with Crippen LogP contribution in [0, 0.1) is 0 Å². The number of piperazine rings is 1. The average Bonchev–Trinajstić information content (AvgIpc) is 2.58. The predicted molar refractivity (Wildman–Crippen MR) is 82.8 cm³/mol. The Balaban J connectivity index is 1.61. The second kappa shape index (κ2) is 6.74. The summed E-state index contributed by atoms with van der Waals surface area (Å²) in [4.78, 5) is 30.3. The van der Waals surface area contributed by atoms with Crippen molar-refractivity contribution >= 4 is 17.5 Å². The Hall–Kier alpha value is -2.15. The van der Waals surface area contributed by atoms with Gasteiger partial charge in [-0.3, -0.25) is 9.59 Å². The van der Waals surface area contributed by atoms with Gasteiger partial charge in [-0.05, 0) is 25.0 Å². The molecule has 22 heavy (non-hydrogen) atoms. The molecule has 2 amide bonds. The summed E-state index contributed by atoms with van der Waals surface area (Å²) in [7, 11) is 0. The fraction of sp³-hybridized carbons (Fsp3) is 0.533. The minimum atomic E-state index is -0.448. The highest BCUT2D eigenvalue weighted by Crippen LogP contribution is 2.14. The van der Waals surface area contributed by atoms with Crippen LogP contribution in [0.3, 0.4) is 0 Å². The van der Waals surface area contributed by atoms with Crippen LogP contribution in [-0.4, -0.2) is 55.6 Å². The van der Waals surface area contributed by atoms with Gasteiger partial charge in [-0.1, -0.05) is 0 Å². The average molecular weight is 303 g/mol. The first-order valence-electron chi connectivity index (χ1n) is 7.74. The van der Waals surface area contributed by atoms with Gasteiger partial charge in [0, 0.05) is 32.7 Å². The number of nitrogens with zero attached hydrogens (tertiary/aromatic N) is 2. The Morgan fingerprint density at radius 1 is 1.27 bits per heavy atom. The molecule has 7 nitrogen and oxygen atoms in total. The molecular formula is C15H21N5O2. The van der Waals surface area contributed by atoms with Crippen LogP contribution in [0.1, 0.15) is 23.3 Å². The van der Waals surface area contributed by atoms with Gasteiger partial charge in [0.15, 0.2) is 0 Å². The SMILES string of the molecule is O=C(N[C@H]1CCCNC1=O)c1ccc(N2CCNCC2)cn1. The van der Waals surface area contributed by atoms with E-state index in [2.05, 4.69) is 25.8 Å². The largest absolute Gasteiger partial charge is 0.368 e. The lowest BCUT2D eigenvalue weighted by Crippen LogP contribution is -2.50. The third-order valence-electron chi connectivity index (χ3n) is 4.05. The van der Waals surface area contributed by atoms with Gasteiger partial charge >= 0.3 is 0 Å². The van der Waals surface area contributed by atoms with Gasteiger partial charge in [0.1, 0.15) is 11.7 Å². The highest BCUT2D eigenvalue weighted by atomic mass is 16.2. The lowest BCUT2D eigenvalue weighted by molar-refractivity contribution is -0.124. The molecule has 0 radical (unpaired) electrons. The summed E-state index contributed by atoms with van der Waals surface area (Å²) in [5.74, 6) is -0.411. The van der Waals surface area contributed by atoms with Crippen molar-refractivity contribution in [3.63, 3.8) is 0 Å². The van der Waals surface area contributed by atoms with E-state index in [1.165, 1.54) is 0 Å². The molecular weight excluding hydrogens is 282 g/mol. The van der Waals surface area contributed by atoms with Crippen molar-refractivity contribution in [1.82, 2.24) is 20.9 Å². The number of rotatable bonds is 3. The van der Waals surface area contributed by atoms with Crippen molar-refractivity contribution in [2.75, 3.05) is 37.6 Å². The molecule has 3 heterocycles. The molecule has 2 aliphatic heterocycles. The van der Waals surface area contributed by atoms with Gasteiger partial charge in [0.2, 0.25) is 5.91 Å². The first kappa shape index (κ1) is 14.8. The van der Waals surface area contributed by atoms with Crippen molar-refractivity contribution < 1.29 is 9.59 Å². The summed E-state index contributed by atoms with van der Waals surface area (Å²) in [6.07, 6.45) is 3.28. The summed E-state index contributed by atoms with van der Waals surface area (Å²) in [6, 6.07) is 3.18. The summed E-state index contributed by atoms with van der Waals surface area (Å²) < 4.78 is 0. The fourth-order valence-electron chi connectivity index (χ4n) is 2.77. The number of hydrogen-bond acceptors (Lipinski definition) is 5. The summed E-state index contributed by atoms with van der Waals surface area (Å²) in [6.45, 7) is 4.48. The monoisotopic (exact) mass is 303 g/mol. The summed E-state index contributed by atoms with van der Waals surface area (Å²) in [5.41, 5.74) is 1.37. The normalized spacial score (nSPS) is 22.1. The minimum absolute atomic E-state index is 0.114. The molecule has 118 valence electrons. The van der Waals surface area contributed by atoms with E-state index in [4.69, 9.17) is 0 Å². The van der Waals surface area contributed by atoms with Gasteiger partial charge in [-0.25, -0.2) is 4.98 Å².